The summed E-state index contributed by atoms with van der Waals surface area (Å²) in [6, 6.07) is 8.94. The fourth-order valence-electron chi connectivity index (χ4n) is 4.09. The third kappa shape index (κ3) is 3.72. The molecule has 136 valence electrons. The molecule has 2 aliphatic carbocycles. The zero-order chi connectivity index (χ0) is 19.0. The summed E-state index contributed by atoms with van der Waals surface area (Å²) in [6.45, 7) is 18.5. The zero-order valence-corrected chi connectivity index (χ0v) is 17.9. The molecule has 0 saturated carbocycles. The molecular weight excluding hydrogens is 320 g/mol. The molecule has 1 aromatic carbocycles. The first-order valence-electron chi connectivity index (χ1n) is 9.57. The van der Waals surface area contributed by atoms with Gasteiger partial charge in [0.15, 0.2) is 0 Å². The molecule has 0 heterocycles. The van der Waals surface area contributed by atoms with Gasteiger partial charge in [0, 0.05) is 5.41 Å². The normalized spacial score (nSPS) is 24.0. The lowest BCUT2D eigenvalue weighted by Gasteiger charge is -2.28. The van der Waals surface area contributed by atoms with E-state index in [9.17, 15) is 0 Å². The van der Waals surface area contributed by atoms with Crippen LogP contribution in [0.3, 0.4) is 0 Å². The molecule has 0 saturated heterocycles. The Bertz CT molecular complexity index is 688. The maximum atomic E-state index is 3.89. The summed E-state index contributed by atoms with van der Waals surface area (Å²) in [6.07, 6.45) is 6.85. The van der Waals surface area contributed by atoms with Crippen LogP contribution < -0.4 is 0 Å². The molecule has 0 bridgehead atoms. The highest BCUT2D eigenvalue weighted by Crippen LogP contribution is 2.60. The quantitative estimate of drug-likeness (QED) is 0.515. The van der Waals surface area contributed by atoms with Gasteiger partial charge in [0.2, 0.25) is 0 Å². The molecule has 2 aliphatic rings. The van der Waals surface area contributed by atoms with Crippen LogP contribution in [0.5, 0.6) is 0 Å². The van der Waals surface area contributed by atoms with Gasteiger partial charge in [0.25, 0.3) is 0 Å². The van der Waals surface area contributed by atoms with Crippen molar-refractivity contribution in [2.75, 3.05) is 0 Å². The fourth-order valence-corrected chi connectivity index (χ4v) is 4.89. The molecule has 0 aromatic heterocycles. The third-order valence-electron chi connectivity index (χ3n) is 4.85. The molecule has 0 N–H and O–H groups in total. The molecular formula is C24H34S. The van der Waals surface area contributed by atoms with E-state index in [1.807, 2.05) is 33.1 Å². The van der Waals surface area contributed by atoms with Gasteiger partial charge in [-0.15, -0.1) is 11.8 Å². The Morgan fingerprint density at radius 3 is 2.20 bits per heavy atom. The standard InChI is InChI=1S/C20H22S.2C2H6/c1-5-15-16-10-8-9-11-18(16)20(17(15)6-2)12-14(4)19(13-20)21-7-3;2*1-2/h5-11H,3,12-13H2,1-2,4H3;2*1-2H3/b15-5-,17-6+;;. The van der Waals surface area contributed by atoms with Crippen LogP contribution in [0.1, 0.15) is 72.4 Å². The van der Waals surface area contributed by atoms with Gasteiger partial charge in [-0.2, -0.15) is 0 Å². The van der Waals surface area contributed by atoms with Crippen molar-refractivity contribution in [3.05, 3.63) is 75.6 Å². The van der Waals surface area contributed by atoms with Crippen molar-refractivity contribution in [3.8, 4) is 0 Å². The van der Waals surface area contributed by atoms with E-state index >= 15 is 0 Å². The zero-order valence-electron chi connectivity index (χ0n) is 17.1. The summed E-state index contributed by atoms with van der Waals surface area (Å²) in [4.78, 5) is 1.50. The van der Waals surface area contributed by atoms with Crippen molar-refractivity contribution in [1.82, 2.24) is 0 Å². The Balaban J connectivity index is 0.000000730. The Morgan fingerprint density at radius 2 is 1.64 bits per heavy atom. The number of fused-ring (bicyclic) bond motifs is 2. The largest absolute Gasteiger partial charge is 0.103 e. The monoisotopic (exact) mass is 354 g/mol. The molecule has 0 amide bonds. The van der Waals surface area contributed by atoms with Crippen LogP contribution in [0, 0.1) is 0 Å². The second kappa shape index (κ2) is 9.87. The number of thioether (sulfide) groups is 1. The molecule has 0 aliphatic heterocycles. The number of hydrogen-bond acceptors (Lipinski definition) is 1. The van der Waals surface area contributed by atoms with Gasteiger partial charge < -0.3 is 0 Å². The van der Waals surface area contributed by atoms with Crippen LogP contribution in [-0.2, 0) is 5.41 Å². The van der Waals surface area contributed by atoms with E-state index in [0.29, 0.717) is 0 Å². The maximum Gasteiger partial charge on any atom is 0.0294 e. The van der Waals surface area contributed by atoms with Crippen LogP contribution >= 0.6 is 11.8 Å². The molecule has 25 heavy (non-hydrogen) atoms. The van der Waals surface area contributed by atoms with E-state index in [-0.39, 0.29) is 5.41 Å². The van der Waals surface area contributed by atoms with Crippen LogP contribution in [-0.4, -0.2) is 0 Å². The Morgan fingerprint density at radius 1 is 1.00 bits per heavy atom. The molecule has 1 heteroatoms. The molecule has 3 rings (SSSR count). The molecule has 0 nitrogen and oxygen atoms in total. The van der Waals surface area contributed by atoms with E-state index in [4.69, 9.17) is 0 Å². The number of benzene rings is 1. The van der Waals surface area contributed by atoms with E-state index in [1.165, 1.54) is 32.8 Å². The van der Waals surface area contributed by atoms with Gasteiger partial charge in [-0.25, -0.2) is 0 Å². The predicted octanol–water partition coefficient (Wildman–Crippen LogP) is 8.28. The first kappa shape index (κ1) is 21.6. The summed E-state index contributed by atoms with van der Waals surface area (Å²) >= 11 is 1.80. The molecule has 0 fully saturated rings. The van der Waals surface area contributed by atoms with Crippen molar-refractivity contribution < 1.29 is 0 Å². The second-order valence-electron chi connectivity index (χ2n) is 5.87. The van der Waals surface area contributed by atoms with Crippen LogP contribution in [0.15, 0.2) is 64.5 Å². The average Bonchev–Trinajstić information content (AvgIpc) is 3.13. The van der Waals surface area contributed by atoms with Crippen molar-refractivity contribution in [3.63, 3.8) is 0 Å². The Labute approximate surface area is 159 Å². The van der Waals surface area contributed by atoms with Crippen LogP contribution in [0.2, 0.25) is 0 Å². The second-order valence-corrected chi connectivity index (χ2v) is 6.94. The lowest BCUT2D eigenvalue weighted by Crippen LogP contribution is -2.22. The highest BCUT2D eigenvalue weighted by atomic mass is 32.2. The lowest BCUT2D eigenvalue weighted by molar-refractivity contribution is 0.562. The lowest BCUT2D eigenvalue weighted by atomic mass is 9.75. The molecule has 1 aromatic rings. The highest BCUT2D eigenvalue weighted by Gasteiger charge is 2.48. The van der Waals surface area contributed by atoms with Gasteiger partial charge in [0.05, 0.1) is 0 Å². The van der Waals surface area contributed by atoms with Crippen molar-refractivity contribution in [2.45, 2.75) is 66.7 Å². The first-order chi connectivity index (χ1) is 12.2. The Kier molecular flexibility index (Phi) is 8.52. The summed E-state index contributed by atoms with van der Waals surface area (Å²) in [5.41, 5.74) is 7.53. The van der Waals surface area contributed by atoms with Gasteiger partial charge in [0.1, 0.15) is 0 Å². The molecule has 1 atom stereocenters. The van der Waals surface area contributed by atoms with Crippen molar-refractivity contribution >= 4 is 17.3 Å². The minimum absolute atomic E-state index is 0.155. The summed E-state index contributed by atoms with van der Waals surface area (Å²) < 4.78 is 0. The Hall–Kier alpha value is -1.47. The first-order valence-corrected chi connectivity index (χ1v) is 10.5. The summed E-state index contributed by atoms with van der Waals surface area (Å²) in [7, 11) is 0. The van der Waals surface area contributed by atoms with E-state index < -0.39 is 0 Å². The van der Waals surface area contributed by atoms with Crippen LogP contribution in [0.25, 0.3) is 5.57 Å². The van der Waals surface area contributed by atoms with Gasteiger partial charge >= 0.3 is 0 Å². The number of allylic oxidation sites excluding steroid dienone is 6. The maximum absolute atomic E-state index is 3.89. The minimum Gasteiger partial charge on any atom is -0.103 e. The predicted molar refractivity (Wildman–Crippen MR) is 118 cm³/mol. The average molecular weight is 355 g/mol. The van der Waals surface area contributed by atoms with Crippen molar-refractivity contribution in [1.29, 1.82) is 0 Å². The third-order valence-corrected chi connectivity index (χ3v) is 5.79. The van der Waals surface area contributed by atoms with Gasteiger partial charge in [-0.1, -0.05) is 76.3 Å². The van der Waals surface area contributed by atoms with Gasteiger partial charge in [-0.3, -0.25) is 0 Å². The fraction of sp³-hybridized carbons (Fsp3) is 0.417. The summed E-state index contributed by atoms with van der Waals surface area (Å²) in [5, 5.41) is 1.96. The number of hydrogen-bond donors (Lipinski definition) is 0. The minimum atomic E-state index is 0.155. The summed E-state index contributed by atoms with van der Waals surface area (Å²) in [5.74, 6) is 0. The molecule has 1 spiro atoms. The SMILES string of the molecule is C=CSC1=C(C)CC2(C1)C(=C/C)/C(=C\C)c1ccccc12.CC.CC. The smallest absolute Gasteiger partial charge is 0.0294 e. The molecule has 1 unspecified atom stereocenters. The topological polar surface area (TPSA) is 0 Å². The van der Waals surface area contributed by atoms with E-state index in [2.05, 4.69) is 63.8 Å². The van der Waals surface area contributed by atoms with Crippen molar-refractivity contribution in [2.24, 2.45) is 0 Å². The van der Waals surface area contributed by atoms with E-state index in [0.717, 1.165) is 12.8 Å². The highest BCUT2D eigenvalue weighted by molar-refractivity contribution is 8.05. The van der Waals surface area contributed by atoms with Gasteiger partial charge in [-0.05, 0) is 66.2 Å². The number of rotatable bonds is 2. The van der Waals surface area contributed by atoms with Crippen LogP contribution in [0.4, 0.5) is 0 Å². The van der Waals surface area contributed by atoms with E-state index in [1.54, 1.807) is 11.8 Å². The molecule has 0 radical (unpaired) electrons.